The van der Waals surface area contributed by atoms with Crippen molar-refractivity contribution in [2.24, 2.45) is 7.05 Å². The molecule has 3 rings (SSSR count). The van der Waals surface area contributed by atoms with Gasteiger partial charge in [-0.25, -0.2) is 0 Å². The summed E-state index contributed by atoms with van der Waals surface area (Å²) in [5, 5.41) is 1.38. The zero-order valence-corrected chi connectivity index (χ0v) is 10.9. The fourth-order valence-corrected chi connectivity index (χ4v) is 2.79. The third-order valence-electron chi connectivity index (χ3n) is 3.61. The van der Waals surface area contributed by atoms with E-state index in [0.29, 0.717) is 0 Å². The van der Waals surface area contributed by atoms with E-state index in [4.69, 9.17) is 0 Å². The van der Waals surface area contributed by atoms with Gasteiger partial charge < -0.3 is 4.57 Å². The maximum atomic E-state index is 2.31. The van der Waals surface area contributed by atoms with Crippen LogP contribution < -0.4 is 0 Å². The van der Waals surface area contributed by atoms with Crippen LogP contribution >= 0.6 is 0 Å². The molecule has 0 aliphatic rings. The van der Waals surface area contributed by atoms with E-state index in [0.717, 1.165) is 6.42 Å². The molecular weight excluding hydrogens is 218 g/mol. The third-order valence-corrected chi connectivity index (χ3v) is 3.61. The number of para-hydroxylation sites is 1. The second-order valence-corrected chi connectivity index (χ2v) is 4.62. The maximum absolute atomic E-state index is 2.31. The Morgan fingerprint density at radius 1 is 0.889 bits per heavy atom. The first-order chi connectivity index (χ1) is 8.83. The van der Waals surface area contributed by atoms with E-state index in [1.807, 2.05) is 0 Å². The second-order valence-electron chi connectivity index (χ2n) is 4.62. The van der Waals surface area contributed by atoms with Gasteiger partial charge in [-0.15, -0.1) is 0 Å². The largest absolute Gasteiger partial charge is 0.343 e. The Bertz CT molecular complexity index is 677. The minimum absolute atomic E-state index is 1.06. The first-order valence-corrected chi connectivity index (χ1v) is 6.44. The van der Waals surface area contributed by atoms with Crippen molar-refractivity contribution < 1.29 is 0 Å². The van der Waals surface area contributed by atoms with Crippen LogP contribution in [-0.4, -0.2) is 4.57 Å². The molecular formula is C17H17N. The van der Waals surface area contributed by atoms with E-state index >= 15 is 0 Å². The molecule has 0 fully saturated rings. The van der Waals surface area contributed by atoms with Crippen molar-refractivity contribution in [3.63, 3.8) is 0 Å². The zero-order valence-electron chi connectivity index (χ0n) is 10.9. The second kappa shape index (κ2) is 4.34. The Morgan fingerprint density at radius 3 is 2.28 bits per heavy atom. The number of rotatable bonds is 2. The molecule has 1 heteroatoms. The summed E-state index contributed by atoms with van der Waals surface area (Å²) in [5.74, 6) is 0. The van der Waals surface area contributed by atoms with Gasteiger partial charge in [0.05, 0.1) is 5.69 Å². The molecule has 0 atom stereocenters. The van der Waals surface area contributed by atoms with E-state index in [1.54, 1.807) is 0 Å². The van der Waals surface area contributed by atoms with Crippen LogP contribution in [0, 0.1) is 0 Å². The van der Waals surface area contributed by atoms with Crippen LogP contribution in [0.1, 0.15) is 12.5 Å². The lowest BCUT2D eigenvalue weighted by Crippen LogP contribution is -1.93. The van der Waals surface area contributed by atoms with Gasteiger partial charge in [-0.1, -0.05) is 55.5 Å². The van der Waals surface area contributed by atoms with Crippen molar-refractivity contribution in [2.75, 3.05) is 0 Å². The predicted molar refractivity (Wildman–Crippen MR) is 77.7 cm³/mol. The lowest BCUT2D eigenvalue weighted by atomic mass is 10.0. The summed E-state index contributed by atoms with van der Waals surface area (Å²) in [6, 6.07) is 19.3. The minimum Gasteiger partial charge on any atom is -0.343 e. The minimum atomic E-state index is 1.06. The van der Waals surface area contributed by atoms with Crippen LogP contribution in [0.25, 0.3) is 22.2 Å². The van der Waals surface area contributed by atoms with Gasteiger partial charge in [0.2, 0.25) is 0 Å². The molecule has 3 aromatic rings. The molecule has 0 amide bonds. The summed E-state index contributed by atoms with van der Waals surface area (Å²) in [4.78, 5) is 0. The van der Waals surface area contributed by atoms with Crippen molar-refractivity contribution in [1.29, 1.82) is 0 Å². The Labute approximate surface area is 108 Å². The topological polar surface area (TPSA) is 4.93 Å². The van der Waals surface area contributed by atoms with Gasteiger partial charge in [-0.05, 0) is 23.6 Å². The maximum Gasteiger partial charge on any atom is 0.0521 e. The van der Waals surface area contributed by atoms with Gasteiger partial charge in [0.15, 0.2) is 0 Å². The highest BCUT2D eigenvalue weighted by atomic mass is 14.9. The number of hydrogen-bond acceptors (Lipinski definition) is 0. The summed E-state index contributed by atoms with van der Waals surface area (Å²) in [6.07, 6.45) is 1.06. The number of fused-ring (bicyclic) bond motifs is 1. The molecule has 0 radical (unpaired) electrons. The average molecular weight is 235 g/mol. The van der Waals surface area contributed by atoms with Crippen LogP contribution in [0.2, 0.25) is 0 Å². The molecule has 2 aromatic carbocycles. The van der Waals surface area contributed by atoms with Crippen molar-refractivity contribution in [3.8, 4) is 11.3 Å². The Hall–Kier alpha value is -2.02. The lowest BCUT2D eigenvalue weighted by Gasteiger charge is -2.06. The third kappa shape index (κ3) is 1.55. The van der Waals surface area contributed by atoms with Crippen molar-refractivity contribution in [1.82, 2.24) is 4.57 Å². The predicted octanol–water partition coefficient (Wildman–Crippen LogP) is 4.41. The van der Waals surface area contributed by atoms with Crippen LogP contribution in [0.5, 0.6) is 0 Å². The molecule has 0 spiro atoms. The molecule has 0 saturated carbocycles. The van der Waals surface area contributed by atoms with Crippen LogP contribution in [0.15, 0.2) is 54.6 Å². The summed E-state index contributed by atoms with van der Waals surface area (Å²) in [7, 11) is 2.16. The highest BCUT2D eigenvalue weighted by molar-refractivity contribution is 5.91. The summed E-state index contributed by atoms with van der Waals surface area (Å²) in [6.45, 7) is 2.23. The van der Waals surface area contributed by atoms with Gasteiger partial charge in [0, 0.05) is 18.0 Å². The fraction of sp³-hybridized carbons (Fsp3) is 0.176. The molecule has 90 valence electrons. The molecule has 0 aliphatic carbocycles. The fourth-order valence-electron chi connectivity index (χ4n) is 2.79. The summed E-state index contributed by atoms with van der Waals surface area (Å²) < 4.78 is 2.31. The van der Waals surface area contributed by atoms with Gasteiger partial charge in [0.25, 0.3) is 0 Å². The molecule has 1 nitrogen and oxygen atoms in total. The number of aromatic nitrogens is 1. The number of benzene rings is 2. The number of nitrogens with zero attached hydrogens (tertiary/aromatic N) is 1. The normalized spacial score (nSPS) is 11.0. The van der Waals surface area contributed by atoms with Crippen molar-refractivity contribution >= 4 is 10.9 Å². The van der Waals surface area contributed by atoms with Gasteiger partial charge in [0.1, 0.15) is 0 Å². The van der Waals surface area contributed by atoms with Gasteiger partial charge in [-0.3, -0.25) is 0 Å². The van der Waals surface area contributed by atoms with E-state index in [9.17, 15) is 0 Å². The lowest BCUT2D eigenvalue weighted by molar-refractivity contribution is 0.965. The molecule has 0 N–H and O–H groups in total. The Balaban J connectivity index is 2.38. The first-order valence-electron chi connectivity index (χ1n) is 6.44. The molecule has 0 bridgehead atoms. The average Bonchev–Trinajstić information content (AvgIpc) is 2.73. The Morgan fingerprint density at radius 2 is 1.56 bits per heavy atom. The number of hydrogen-bond donors (Lipinski definition) is 0. The SMILES string of the molecule is CCc1c(-c2ccccc2)n(C)c2ccccc12. The molecule has 0 unspecified atom stereocenters. The van der Waals surface area contributed by atoms with E-state index in [1.165, 1.54) is 27.7 Å². The quantitative estimate of drug-likeness (QED) is 0.620. The summed E-state index contributed by atoms with van der Waals surface area (Å²) >= 11 is 0. The van der Waals surface area contributed by atoms with E-state index < -0.39 is 0 Å². The monoisotopic (exact) mass is 235 g/mol. The number of aryl methyl sites for hydroxylation is 2. The standard InChI is InChI=1S/C17H17N/c1-3-14-15-11-7-8-12-16(15)18(2)17(14)13-9-5-4-6-10-13/h4-12H,3H2,1-2H3. The highest BCUT2D eigenvalue weighted by Crippen LogP contribution is 2.33. The molecule has 1 aromatic heterocycles. The van der Waals surface area contributed by atoms with E-state index in [-0.39, 0.29) is 0 Å². The zero-order chi connectivity index (χ0) is 12.5. The van der Waals surface area contributed by atoms with Crippen LogP contribution in [0.3, 0.4) is 0 Å². The molecule has 0 aliphatic heterocycles. The first kappa shape index (κ1) is 11.1. The molecule has 0 saturated heterocycles. The molecule has 1 heterocycles. The van der Waals surface area contributed by atoms with Crippen LogP contribution in [-0.2, 0) is 13.5 Å². The molecule has 18 heavy (non-hydrogen) atoms. The van der Waals surface area contributed by atoms with Gasteiger partial charge >= 0.3 is 0 Å². The van der Waals surface area contributed by atoms with Crippen molar-refractivity contribution in [3.05, 3.63) is 60.2 Å². The van der Waals surface area contributed by atoms with E-state index in [2.05, 4.69) is 73.1 Å². The van der Waals surface area contributed by atoms with Crippen molar-refractivity contribution in [2.45, 2.75) is 13.3 Å². The smallest absolute Gasteiger partial charge is 0.0521 e. The highest BCUT2D eigenvalue weighted by Gasteiger charge is 2.14. The Kier molecular flexibility index (Phi) is 2.67. The van der Waals surface area contributed by atoms with Gasteiger partial charge in [-0.2, -0.15) is 0 Å². The summed E-state index contributed by atoms with van der Waals surface area (Å²) in [5.41, 5.74) is 5.40. The van der Waals surface area contributed by atoms with Crippen LogP contribution in [0.4, 0.5) is 0 Å².